The predicted molar refractivity (Wildman–Crippen MR) is 126 cm³/mol. The van der Waals surface area contributed by atoms with Gasteiger partial charge in [-0.25, -0.2) is 4.79 Å². The predicted octanol–water partition coefficient (Wildman–Crippen LogP) is 4.69. The van der Waals surface area contributed by atoms with E-state index in [1.807, 2.05) is 24.3 Å². The van der Waals surface area contributed by atoms with E-state index >= 15 is 0 Å². The summed E-state index contributed by atoms with van der Waals surface area (Å²) in [4.78, 5) is 27.9. The molecule has 2 aromatic carbocycles. The summed E-state index contributed by atoms with van der Waals surface area (Å²) in [5.41, 5.74) is 1.61. The molecule has 3 aliphatic heterocycles. The summed E-state index contributed by atoms with van der Waals surface area (Å²) in [7, 11) is 0. The van der Waals surface area contributed by atoms with Crippen molar-refractivity contribution >= 4 is 23.4 Å². The SMILES string of the molecule is O=C(O)N1CC[C@@H](Nc2ccc3c(c2)OCC32C(=O)N(Cc3ccc(C(F)(F)F)o3)c3ccccc32)C1. The summed E-state index contributed by atoms with van der Waals surface area (Å²) < 4.78 is 50.1. The van der Waals surface area contributed by atoms with Crippen LogP contribution >= 0.6 is 0 Å². The summed E-state index contributed by atoms with van der Waals surface area (Å²) in [5, 5.41) is 12.5. The number of carbonyl (C=O) groups is 2. The molecule has 8 nitrogen and oxygen atoms in total. The Bertz CT molecular complexity index is 1400. The fourth-order valence-corrected chi connectivity index (χ4v) is 5.49. The van der Waals surface area contributed by atoms with E-state index in [9.17, 15) is 27.9 Å². The van der Waals surface area contributed by atoms with Gasteiger partial charge in [-0.05, 0) is 36.2 Å². The highest BCUT2D eigenvalue weighted by atomic mass is 19.4. The third-order valence-electron chi connectivity index (χ3n) is 7.24. The van der Waals surface area contributed by atoms with Gasteiger partial charge >= 0.3 is 12.3 Å². The van der Waals surface area contributed by atoms with Crippen molar-refractivity contribution in [3.63, 3.8) is 0 Å². The van der Waals surface area contributed by atoms with Crippen molar-refractivity contribution in [1.82, 2.24) is 4.90 Å². The minimum atomic E-state index is -4.61. The fraction of sp³-hybridized carbons (Fsp3) is 0.308. The number of furan rings is 1. The zero-order valence-electron chi connectivity index (χ0n) is 19.4. The Balaban J connectivity index is 1.29. The van der Waals surface area contributed by atoms with Crippen LogP contribution < -0.4 is 15.0 Å². The van der Waals surface area contributed by atoms with E-state index in [0.29, 0.717) is 36.5 Å². The number of alkyl halides is 3. The number of rotatable bonds is 4. The first-order chi connectivity index (χ1) is 17.7. The molecular formula is C26H22F3N3O5. The molecule has 1 spiro atoms. The average molecular weight is 513 g/mol. The third kappa shape index (κ3) is 3.68. The van der Waals surface area contributed by atoms with Crippen LogP contribution in [0.5, 0.6) is 5.75 Å². The van der Waals surface area contributed by atoms with Gasteiger partial charge in [-0.15, -0.1) is 0 Å². The number of hydrogen-bond donors (Lipinski definition) is 2. The van der Waals surface area contributed by atoms with Crippen molar-refractivity contribution in [2.75, 3.05) is 29.9 Å². The molecule has 1 unspecified atom stereocenters. The molecule has 37 heavy (non-hydrogen) atoms. The molecule has 3 aliphatic rings. The van der Waals surface area contributed by atoms with Crippen molar-refractivity contribution in [1.29, 1.82) is 0 Å². The Labute approximate surface area is 209 Å². The molecule has 0 aliphatic carbocycles. The average Bonchev–Trinajstić information content (AvgIpc) is 3.63. The van der Waals surface area contributed by atoms with Gasteiger partial charge in [0.25, 0.3) is 0 Å². The number of nitrogens with one attached hydrogen (secondary N) is 1. The number of anilines is 2. The number of carbonyl (C=O) groups excluding carboxylic acids is 1. The molecule has 1 fully saturated rings. The molecule has 3 aromatic rings. The van der Waals surface area contributed by atoms with E-state index in [1.54, 1.807) is 18.2 Å². The molecule has 0 radical (unpaired) electrons. The molecule has 11 heteroatoms. The lowest BCUT2D eigenvalue weighted by atomic mass is 9.77. The highest BCUT2D eigenvalue weighted by Gasteiger charge is 2.57. The third-order valence-corrected chi connectivity index (χ3v) is 7.24. The molecule has 0 bridgehead atoms. The minimum absolute atomic E-state index is 0.0261. The maximum atomic E-state index is 13.9. The zero-order chi connectivity index (χ0) is 25.9. The van der Waals surface area contributed by atoms with E-state index in [0.717, 1.165) is 17.3 Å². The van der Waals surface area contributed by atoms with Gasteiger partial charge in [0.1, 0.15) is 23.5 Å². The van der Waals surface area contributed by atoms with Crippen LogP contribution in [0.1, 0.15) is 29.1 Å². The van der Waals surface area contributed by atoms with E-state index in [1.165, 1.54) is 15.9 Å². The molecular weight excluding hydrogens is 491 g/mol. The molecule has 2 atom stereocenters. The number of nitrogens with zero attached hydrogens (tertiary/aromatic N) is 2. The van der Waals surface area contributed by atoms with E-state index in [2.05, 4.69) is 5.32 Å². The summed E-state index contributed by atoms with van der Waals surface area (Å²) in [6.45, 7) is 0.740. The standard InChI is InChI=1S/C26H22F3N3O5/c27-26(28,29)22-8-6-17(37-22)13-32-20-4-2-1-3-18(20)25(23(32)33)14-36-21-11-15(5-7-19(21)25)30-16-9-10-31(12-16)24(34)35/h1-8,11,16,30H,9-10,12-14H2,(H,34,35)/t16-,25?/m1/s1. The van der Waals surface area contributed by atoms with Crippen molar-refractivity contribution in [2.45, 2.75) is 30.6 Å². The quantitative estimate of drug-likeness (QED) is 0.526. The number of benzene rings is 2. The summed E-state index contributed by atoms with van der Waals surface area (Å²) >= 11 is 0. The van der Waals surface area contributed by atoms with Gasteiger partial charge in [-0.1, -0.05) is 24.3 Å². The highest BCUT2D eigenvalue weighted by molar-refractivity contribution is 6.11. The van der Waals surface area contributed by atoms with Gasteiger partial charge in [0.2, 0.25) is 11.7 Å². The molecule has 2 amide bonds. The van der Waals surface area contributed by atoms with E-state index in [-0.39, 0.29) is 30.9 Å². The Morgan fingerprint density at radius 1 is 1.14 bits per heavy atom. The van der Waals surface area contributed by atoms with Crippen LogP contribution in [0.15, 0.2) is 59.0 Å². The summed E-state index contributed by atoms with van der Waals surface area (Å²) in [6.07, 6.45) is -4.88. The highest BCUT2D eigenvalue weighted by Crippen LogP contribution is 2.53. The number of fused-ring (bicyclic) bond motifs is 4. The van der Waals surface area contributed by atoms with Crippen molar-refractivity contribution in [3.8, 4) is 5.75 Å². The van der Waals surface area contributed by atoms with Crippen molar-refractivity contribution in [3.05, 3.63) is 77.2 Å². The van der Waals surface area contributed by atoms with Gasteiger partial charge in [-0.3, -0.25) is 4.79 Å². The van der Waals surface area contributed by atoms with Gasteiger partial charge in [0.05, 0.1) is 6.54 Å². The van der Waals surface area contributed by atoms with Crippen molar-refractivity contribution < 1.29 is 37.0 Å². The summed E-state index contributed by atoms with van der Waals surface area (Å²) in [5.74, 6) is -0.856. The zero-order valence-corrected chi connectivity index (χ0v) is 19.4. The number of amides is 2. The van der Waals surface area contributed by atoms with Gasteiger partial charge < -0.3 is 29.4 Å². The molecule has 0 saturated carbocycles. The second-order valence-electron chi connectivity index (χ2n) is 9.44. The lowest BCUT2D eigenvalue weighted by Gasteiger charge is -2.23. The normalized spacial score (nSPS) is 22.4. The van der Waals surface area contributed by atoms with Gasteiger partial charge in [0.15, 0.2) is 0 Å². The van der Waals surface area contributed by atoms with Crippen LogP contribution in [0.2, 0.25) is 0 Å². The Kier molecular flexibility index (Phi) is 5.15. The maximum Gasteiger partial charge on any atom is 0.449 e. The molecule has 6 rings (SSSR count). The lowest BCUT2D eigenvalue weighted by Crippen LogP contribution is -2.42. The Morgan fingerprint density at radius 3 is 2.68 bits per heavy atom. The monoisotopic (exact) mass is 513 g/mol. The number of para-hydroxylation sites is 1. The number of hydrogen-bond acceptors (Lipinski definition) is 5. The Hall–Kier alpha value is -4.15. The lowest BCUT2D eigenvalue weighted by molar-refractivity contribution is -0.153. The van der Waals surface area contributed by atoms with Crippen LogP contribution in [-0.2, 0) is 22.9 Å². The van der Waals surface area contributed by atoms with Crippen LogP contribution in [0.25, 0.3) is 0 Å². The van der Waals surface area contributed by atoms with Crippen LogP contribution in [0.3, 0.4) is 0 Å². The first-order valence-corrected chi connectivity index (χ1v) is 11.8. The second kappa shape index (κ2) is 8.19. The van der Waals surface area contributed by atoms with Crippen molar-refractivity contribution in [2.24, 2.45) is 0 Å². The van der Waals surface area contributed by atoms with Gasteiger partial charge in [0, 0.05) is 42.1 Å². The van der Waals surface area contributed by atoms with Crippen LogP contribution in [-0.4, -0.2) is 47.7 Å². The minimum Gasteiger partial charge on any atom is -0.491 e. The fourth-order valence-electron chi connectivity index (χ4n) is 5.49. The van der Waals surface area contributed by atoms with E-state index in [4.69, 9.17) is 9.15 Å². The number of likely N-dealkylation sites (tertiary alicyclic amines) is 1. The number of ether oxygens (including phenoxy) is 1. The largest absolute Gasteiger partial charge is 0.491 e. The first-order valence-electron chi connectivity index (χ1n) is 11.8. The molecule has 4 heterocycles. The smallest absolute Gasteiger partial charge is 0.449 e. The second-order valence-corrected chi connectivity index (χ2v) is 9.44. The number of halogens is 3. The Morgan fingerprint density at radius 2 is 1.95 bits per heavy atom. The van der Waals surface area contributed by atoms with Crippen LogP contribution in [0, 0.1) is 0 Å². The first kappa shape index (κ1) is 23.3. The molecule has 1 saturated heterocycles. The molecule has 1 aromatic heterocycles. The van der Waals surface area contributed by atoms with Gasteiger partial charge in [-0.2, -0.15) is 13.2 Å². The molecule has 2 N–H and O–H groups in total. The summed E-state index contributed by atoms with van der Waals surface area (Å²) in [6, 6.07) is 14.7. The van der Waals surface area contributed by atoms with Crippen LogP contribution in [0.4, 0.5) is 29.3 Å². The topological polar surface area (TPSA) is 95.2 Å². The van der Waals surface area contributed by atoms with E-state index < -0.39 is 23.4 Å². The number of carboxylic acid groups (broad SMARTS) is 1. The molecule has 192 valence electrons. The maximum absolute atomic E-state index is 13.9.